The maximum atomic E-state index is 13.6. The van der Waals surface area contributed by atoms with Crippen molar-refractivity contribution in [3.63, 3.8) is 0 Å². The quantitative estimate of drug-likeness (QED) is 0.0657. The van der Waals surface area contributed by atoms with E-state index in [2.05, 4.69) is 60.0 Å². The number of hydrogen-bond acceptors (Lipinski definition) is 3. The minimum Gasteiger partial charge on any atom is -0.445 e. The van der Waals surface area contributed by atoms with Crippen LogP contribution in [0.15, 0.2) is 11.6 Å². The van der Waals surface area contributed by atoms with Crippen molar-refractivity contribution >= 4 is 6.09 Å². The summed E-state index contributed by atoms with van der Waals surface area (Å²) < 4.78 is 6.35. The van der Waals surface area contributed by atoms with Gasteiger partial charge < -0.3 is 4.74 Å². The molecule has 0 aromatic carbocycles. The van der Waals surface area contributed by atoms with Gasteiger partial charge in [0.25, 0.3) is 0 Å². The van der Waals surface area contributed by atoms with E-state index in [4.69, 9.17) is 4.74 Å². The predicted molar refractivity (Wildman–Crippen MR) is 214 cm³/mol. The van der Waals surface area contributed by atoms with Crippen LogP contribution in [-0.4, -0.2) is 30.3 Å². The number of nitrogens with zero attached hydrogens (tertiary/aromatic N) is 1. The highest BCUT2D eigenvalue weighted by molar-refractivity contribution is 5.67. The standard InChI is InChI=1S/C46H84N2O2/c1-8-10-12-14-15-16-17-18-19-20-33-47-48(34-21-13-11-9-2)44(49)50-39-29-31-45(6)38(35-39)25-26-40-42-28-27-41(37(5)24-22-23-36(3)4)46(42,7)32-30-43(40)45/h25,36-37,39-43,47H,8-24,26-35H2,1-7H3/t37-,39?,40?,41-,42?,43?,45+,46-/m1/s1. The molecule has 0 bridgehead atoms. The minimum absolute atomic E-state index is 0.0204. The fourth-order valence-electron chi connectivity index (χ4n) is 11.7. The minimum atomic E-state index is -0.135. The van der Waals surface area contributed by atoms with E-state index in [-0.39, 0.29) is 12.2 Å². The van der Waals surface area contributed by atoms with Gasteiger partial charge in [-0.2, -0.15) is 0 Å². The Bertz CT molecular complexity index is 1010. The Morgan fingerprint density at radius 3 is 2.14 bits per heavy atom. The highest BCUT2D eigenvalue weighted by Gasteiger charge is 2.59. The molecule has 3 saturated carbocycles. The van der Waals surface area contributed by atoms with Crippen LogP contribution in [0.3, 0.4) is 0 Å². The molecule has 0 saturated heterocycles. The number of unbranched alkanes of at least 4 members (excludes halogenated alkanes) is 12. The number of hydrazine groups is 1. The van der Waals surface area contributed by atoms with Crippen LogP contribution in [0.5, 0.6) is 0 Å². The average Bonchev–Trinajstić information content (AvgIpc) is 3.45. The van der Waals surface area contributed by atoms with Crippen molar-refractivity contribution in [1.29, 1.82) is 0 Å². The molecular formula is C46H84N2O2. The van der Waals surface area contributed by atoms with Crippen LogP contribution < -0.4 is 5.43 Å². The average molecular weight is 697 g/mol. The molecule has 4 aliphatic rings. The number of allylic oxidation sites excluding steroid dienone is 1. The number of fused-ring (bicyclic) bond motifs is 5. The van der Waals surface area contributed by atoms with E-state index in [0.717, 1.165) is 74.3 Å². The summed E-state index contributed by atoms with van der Waals surface area (Å²) in [5.74, 6) is 5.17. The second kappa shape index (κ2) is 21.0. The van der Waals surface area contributed by atoms with Crippen LogP contribution >= 0.6 is 0 Å². The third-order valence-corrected chi connectivity index (χ3v) is 14.8. The zero-order chi connectivity index (χ0) is 36.0. The Labute approximate surface area is 311 Å². The summed E-state index contributed by atoms with van der Waals surface area (Å²) in [7, 11) is 0. The number of carbonyl (C=O) groups is 1. The molecule has 4 nitrogen and oxygen atoms in total. The van der Waals surface area contributed by atoms with Crippen LogP contribution in [-0.2, 0) is 4.74 Å². The lowest BCUT2D eigenvalue weighted by molar-refractivity contribution is -0.0599. The van der Waals surface area contributed by atoms with Crippen LogP contribution in [0.4, 0.5) is 4.79 Å². The van der Waals surface area contributed by atoms with Gasteiger partial charge in [0.2, 0.25) is 0 Å². The van der Waals surface area contributed by atoms with Crippen molar-refractivity contribution in [3.8, 4) is 0 Å². The van der Waals surface area contributed by atoms with Crippen molar-refractivity contribution in [3.05, 3.63) is 11.6 Å². The lowest BCUT2D eigenvalue weighted by atomic mass is 9.47. The zero-order valence-electron chi connectivity index (χ0n) is 34.5. The first-order chi connectivity index (χ1) is 24.1. The van der Waals surface area contributed by atoms with Gasteiger partial charge in [-0.3, -0.25) is 0 Å². The first-order valence-electron chi connectivity index (χ1n) is 22.5. The van der Waals surface area contributed by atoms with Crippen LogP contribution in [0.25, 0.3) is 0 Å². The molecule has 0 aromatic heterocycles. The van der Waals surface area contributed by atoms with Gasteiger partial charge in [-0.25, -0.2) is 15.2 Å². The Morgan fingerprint density at radius 2 is 1.46 bits per heavy atom. The molecule has 3 fully saturated rings. The van der Waals surface area contributed by atoms with Gasteiger partial charge in [-0.15, -0.1) is 0 Å². The first kappa shape index (κ1) is 41.7. The molecule has 8 atom stereocenters. The first-order valence-corrected chi connectivity index (χ1v) is 22.5. The van der Waals surface area contributed by atoms with E-state index in [1.165, 1.54) is 135 Å². The molecule has 290 valence electrons. The molecule has 0 heterocycles. The summed E-state index contributed by atoms with van der Waals surface area (Å²) in [6, 6.07) is 0. The Morgan fingerprint density at radius 1 is 0.800 bits per heavy atom. The van der Waals surface area contributed by atoms with Gasteiger partial charge in [-0.1, -0.05) is 156 Å². The van der Waals surface area contributed by atoms with Gasteiger partial charge in [0.1, 0.15) is 6.10 Å². The third-order valence-electron chi connectivity index (χ3n) is 14.8. The summed E-state index contributed by atoms with van der Waals surface area (Å²) in [4.78, 5) is 13.6. The van der Waals surface area contributed by atoms with E-state index in [9.17, 15) is 4.79 Å². The van der Waals surface area contributed by atoms with Crippen molar-refractivity contribution in [2.75, 3.05) is 13.1 Å². The molecule has 4 rings (SSSR count). The molecule has 50 heavy (non-hydrogen) atoms. The summed E-state index contributed by atoms with van der Waals surface area (Å²) in [6.07, 6.45) is 34.9. The topological polar surface area (TPSA) is 41.6 Å². The summed E-state index contributed by atoms with van der Waals surface area (Å²) in [5, 5.41) is 1.84. The Balaban J connectivity index is 1.26. The second-order valence-corrected chi connectivity index (χ2v) is 18.8. The normalized spacial score (nSPS) is 31.1. The lowest BCUT2D eigenvalue weighted by Gasteiger charge is -2.58. The number of carbonyl (C=O) groups excluding carboxylic acids is 1. The van der Waals surface area contributed by atoms with Crippen LogP contribution in [0.1, 0.15) is 209 Å². The fourth-order valence-corrected chi connectivity index (χ4v) is 11.7. The SMILES string of the molecule is CCCCCCCCCCCCNN(CCCCCC)C(=O)OC1CC[C@@]2(C)C(=CCC3C2CC[C@@]2(C)C3CC[C@@H]2[C@H](C)CCCC(C)C)C1. The molecular weight excluding hydrogens is 613 g/mol. The number of hydrogen-bond donors (Lipinski definition) is 1. The van der Waals surface area contributed by atoms with Crippen molar-refractivity contribution in [2.45, 2.75) is 215 Å². The van der Waals surface area contributed by atoms with Crippen molar-refractivity contribution < 1.29 is 9.53 Å². The van der Waals surface area contributed by atoms with E-state index in [0.29, 0.717) is 10.8 Å². The summed E-state index contributed by atoms with van der Waals surface area (Å²) in [5.41, 5.74) is 5.96. The van der Waals surface area contributed by atoms with Gasteiger partial charge >= 0.3 is 6.09 Å². The molecule has 4 aliphatic carbocycles. The molecule has 4 unspecified atom stereocenters. The monoisotopic (exact) mass is 697 g/mol. The van der Waals surface area contributed by atoms with Gasteiger partial charge in [0.15, 0.2) is 0 Å². The van der Waals surface area contributed by atoms with Crippen LogP contribution in [0, 0.1) is 46.3 Å². The third kappa shape index (κ3) is 11.2. The number of rotatable bonds is 23. The molecule has 0 spiro atoms. The van der Waals surface area contributed by atoms with E-state index >= 15 is 0 Å². The molecule has 1 amide bonds. The molecule has 0 aliphatic heterocycles. The zero-order valence-corrected chi connectivity index (χ0v) is 34.5. The highest BCUT2D eigenvalue weighted by atomic mass is 16.6. The largest absolute Gasteiger partial charge is 0.445 e. The second-order valence-electron chi connectivity index (χ2n) is 18.8. The number of ether oxygens (including phenoxy) is 1. The Kier molecular flexibility index (Phi) is 17.5. The summed E-state index contributed by atoms with van der Waals surface area (Å²) >= 11 is 0. The fraction of sp³-hybridized carbons (Fsp3) is 0.935. The maximum absolute atomic E-state index is 13.6. The van der Waals surface area contributed by atoms with E-state index < -0.39 is 0 Å². The van der Waals surface area contributed by atoms with Gasteiger partial charge in [0.05, 0.1) is 0 Å². The summed E-state index contributed by atoms with van der Waals surface area (Å²) in [6.45, 7) is 18.8. The number of amides is 1. The van der Waals surface area contributed by atoms with Gasteiger partial charge in [-0.05, 0) is 104 Å². The Hall–Kier alpha value is -1.03. The highest BCUT2D eigenvalue weighted by Crippen LogP contribution is 2.67. The molecule has 0 radical (unpaired) electrons. The molecule has 1 N–H and O–H groups in total. The van der Waals surface area contributed by atoms with Crippen molar-refractivity contribution in [1.82, 2.24) is 10.4 Å². The predicted octanol–water partition coefficient (Wildman–Crippen LogP) is 13.8. The smallest absolute Gasteiger partial charge is 0.424 e. The lowest BCUT2D eigenvalue weighted by Crippen LogP contribution is -2.51. The van der Waals surface area contributed by atoms with E-state index in [1.54, 1.807) is 5.57 Å². The van der Waals surface area contributed by atoms with E-state index in [1.807, 2.05) is 5.01 Å². The maximum Gasteiger partial charge on any atom is 0.424 e. The van der Waals surface area contributed by atoms with Gasteiger partial charge in [0, 0.05) is 19.5 Å². The van der Waals surface area contributed by atoms with Crippen LogP contribution in [0.2, 0.25) is 0 Å². The molecule has 0 aromatic rings. The molecule has 4 heteroatoms. The number of nitrogens with one attached hydrogen (secondary N) is 1. The van der Waals surface area contributed by atoms with Crippen molar-refractivity contribution in [2.24, 2.45) is 46.3 Å².